The fraction of sp³-hybridized carbons (Fsp3) is 1.00. The highest BCUT2D eigenvalue weighted by atomic mass is 19.4. The van der Waals surface area contributed by atoms with Gasteiger partial charge in [0.05, 0.1) is 5.60 Å². The summed E-state index contributed by atoms with van der Waals surface area (Å²) >= 11 is 0. The molecule has 0 aromatic heterocycles. The maximum absolute atomic E-state index is 12.0. The Morgan fingerprint density at radius 2 is 2.00 bits per heavy atom. The maximum atomic E-state index is 12.0. The Morgan fingerprint density at radius 3 is 2.38 bits per heavy atom. The fourth-order valence-corrected chi connectivity index (χ4v) is 2.50. The van der Waals surface area contributed by atoms with Crippen LogP contribution in [0.4, 0.5) is 13.2 Å². The number of likely N-dealkylation sites (N-methyl/N-ethyl adjacent to an activating group) is 1. The number of nitrogens with zero attached hydrogens (tertiary/aromatic N) is 1. The zero-order valence-corrected chi connectivity index (χ0v) is 10.1. The van der Waals surface area contributed by atoms with Crippen LogP contribution in [0, 0.1) is 5.92 Å². The summed E-state index contributed by atoms with van der Waals surface area (Å²) in [5.41, 5.74) is -0.482. The van der Waals surface area contributed by atoms with Crippen molar-refractivity contribution in [1.29, 1.82) is 0 Å². The van der Waals surface area contributed by atoms with Gasteiger partial charge in [0.2, 0.25) is 0 Å². The molecule has 1 aliphatic carbocycles. The number of rotatable bonds is 2. The molecular weight excluding hydrogens is 219 g/mol. The largest absolute Gasteiger partial charge is 0.411 e. The molecule has 1 aliphatic heterocycles. The topological polar surface area (TPSA) is 12.5 Å². The zero-order valence-electron chi connectivity index (χ0n) is 10.1. The van der Waals surface area contributed by atoms with E-state index in [9.17, 15) is 13.2 Å². The summed E-state index contributed by atoms with van der Waals surface area (Å²) in [6.07, 6.45) is -2.42. The van der Waals surface area contributed by atoms with E-state index in [1.165, 1.54) is 0 Å². The highest BCUT2D eigenvalue weighted by Gasteiger charge is 2.54. The van der Waals surface area contributed by atoms with Crippen molar-refractivity contribution in [3.05, 3.63) is 0 Å². The van der Waals surface area contributed by atoms with E-state index in [0.29, 0.717) is 12.5 Å². The van der Waals surface area contributed by atoms with Crippen molar-refractivity contribution >= 4 is 0 Å². The zero-order chi connectivity index (χ0) is 12.4. The number of halogens is 3. The third-order valence-corrected chi connectivity index (χ3v) is 3.25. The van der Waals surface area contributed by atoms with Crippen LogP contribution >= 0.6 is 0 Å². The first-order valence-electron chi connectivity index (χ1n) is 5.81. The molecule has 2 nitrogen and oxygen atoms in total. The van der Waals surface area contributed by atoms with Crippen LogP contribution in [0.25, 0.3) is 0 Å². The minimum absolute atomic E-state index is 0.315. The van der Waals surface area contributed by atoms with E-state index in [0.717, 1.165) is 19.4 Å². The van der Waals surface area contributed by atoms with E-state index in [1.54, 1.807) is 0 Å². The van der Waals surface area contributed by atoms with Gasteiger partial charge in [-0.25, -0.2) is 0 Å². The summed E-state index contributed by atoms with van der Waals surface area (Å²) in [5, 5.41) is 0. The molecule has 5 heteroatoms. The van der Waals surface area contributed by atoms with E-state index in [4.69, 9.17) is 4.74 Å². The average molecular weight is 239 g/mol. The summed E-state index contributed by atoms with van der Waals surface area (Å²) in [6, 6.07) is 0. The minimum Gasteiger partial charge on any atom is -0.364 e. The lowest BCUT2D eigenvalue weighted by Crippen LogP contribution is -2.50. The molecule has 0 N–H and O–H groups in total. The van der Waals surface area contributed by atoms with Crippen LogP contribution in [-0.2, 0) is 4.74 Å². The van der Waals surface area contributed by atoms with Crippen molar-refractivity contribution in [1.82, 2.24) is 4.90 Å². The Kier molecular flexibility index (Phi) is 4.23. The number of hydrogen-bond acceptors (Lipinski definition) is 2. The Balaban J connectivity index is 0.000000606. The molecule has 0 bridgehead atoms. The second-order valence-corrected chi connectivity index (χ2v) is 4.40. The molecule has 1 heterocycles. The van der Waals surface area contributed by atoms with Gasteiger partial charge in [-0.15, -0.1) is 0 Å². The molecule has 2 unspecified atom stereocenters. The molecule has 0 amide bonds. The first-order chi connectivity index (χ1) is 7.41. The number of alkyl halides is 3. The molecule has 1 saturated carbocycles. The van der Waals surface area contributed by atoms with Crippen molar-refractivity contribution in [3.63, 3.8) is 0 Å². The smallest absolute Gasteiger partial charge is 0.364 e. The van der Waals surface area contributed by atoms with Crippen molar-refractivity contribution in [2.24, 2.45) is 5.92 Å². The van der Waals surface area contributed by atoms with E-state index in [-0.39, 0.29) is 0 Å². The van der Waals surface area contributed by atoms with Crippen molar-refractivity contribution < 1.29 is 17.9 Å². The number of ether oxygens (including phenoxy) is 1. The SMILES string of the molecule is CC.CN1CC2CCC2(OCC(F)(F)F)C1. The molecule has 2 rings (SSSR count). The normalized spacial score (nSPS) is 33.8. The third-order valence-electron chi connectivity index (χ3n) is 3.25. The summed E-state index contributed by atoms with van der Waals surface area (Å²) < 4.78 is 41.0. The Hall–Kier alpha value is -0.290. The van der Waals surface area contributed by atoms with Gasteiger partial charge in [0, 0.05) is 19.0 Å². The molecule has 2 fully saturated rings. The van der Waals surface area contributed by atoms with Crippen LogP contribution in [-0.4, -0.2) is 43.4 Å². The maximum Gasteiger partial charge on any atom is 0.411 e. The summed E-state index contributed by atoms with van der Waals surface area (Å²) in [5.74, 6) is 0.315. The van der Waals surface area contributed by atoms with Crippen LogP contribution in [0.5, 0.6) is 0 Å². The number of likely N-dealkylation sites (tertiary alicyclic amines) is 1. The summed E-state index contributed by atoms with van der Waals surface area (Å²) in [7, 11) is 1.93. The number of fused-ring (bicyclic) bond motifs is 1. The van der Waals surface area contributed by atoms with Gasteiger partial charge in [0.15, 0.2) is 0 Å². The Labute approximate surface area is 94.8 Å². The van der Waals surface area contributed by atoms with E-state index < -0.39 is 18.4 Å². The number of hydrogen-bond donors (Lipinski definition) is 0. The monoisotopic (exact) mass is 239 g/mol. The van der Waals surface area contributed by atoms with Crippen LogP contribution in [0.2, 0.25) is 0 Å². The van der Waals surface area contributed by atoms with Gasteiger partial charge < -0.3 is 9.64 Å². The van der Waals surface area contributed by atoms with Crippen LogP contribution in [0.15, 0.2) is 0 Å². The molecule has 1 saturated heterocycles. The molecule has 2 aliphatic rings. The Morgan fingerprint density at radius 1 is 1.38 bits per heavy atom. The highest BCUT2D eigenvalue weighted by Crippen LogP contribution is 2.47. The van der Waals surface area contributed by atoms with E-state index in [2.05, 4.69) is 0 Å². The Bertz CT molecular complexity index is 232. The molecule has 0 aromatic carbocycles. The fourth-order valence-electron chi connectivity index (χ4n) is 2.50. The average Bonchev–Trinajstić information content (AvgIpc) is 2.41. The molecule has 0 spiro atoms. The molecule has 16 heavy (non-hydrogen) atoms. The van der Waals surface area contributed by atoms with Crippen LogP contribution < -0.4 is 0 Å². The second kappa shape index (κ2) is 4.92. The summed E-state index contributed by atoms with van der Waals surface area (Å²) in [6.45, 7) is 4.42. The first-order valence-corrected chi connectivity index (χ1v) is 5.81. The molecule has 2 atom stereocenters. The van der Waals surface area contributed by atoms with Gasteiger partial charge in [0.25, 0.3) is 0 Å². The molecule has 0 aromatic rings. The van der Waals surface area contributed by atoms with Crippen LogP contribution in [0.3, 0.4) is 0 Å². The van der Waals surface area contributed by atoms with Gasteiger partial charge >= 0.3 is 6.18 Å². The molecular formula is C11H20F3NO. The van der Waals surface area contributed by atoms with Gasteiger partial charge in [-0.3, -0.25) is 0 Å². The predicted molar refractivity (Wildman–Crippen MR) is 56.3 cm³/mol. The van der Waals surface area contributed by atoms with Crippen molar-refractivity contribution in [2.45, 2.75) is 38.5 Å². The second-order valence-electron chi connectivity index (χ2n) is 4.40. The van der Waals surface area contributed by atoms with Gasteiger partial charge in [0.1, 0.15) is 6.61 Å². The standard InChI is InChI=1S/C9H14F3NO.C2H6/c1-13-4-7-2-3-8(7,5-13)14-6-9(10,11)12;1-2/h7H,2-6H2,1H3;1-2H3. The molecule has 0 radical (unpaired) electrons. The first kappa shape index (κ1) is 13.8. The van der Waals surface area contributed by atoms with Gasteiger partial charge in [-0.2, -0.15) is 13.2 Å². The van der Waals surface area contributed by atoms with Crippen molar-refractivity contribution in [2.75, 3.05) is 26.7 Å². The van der Waals surface area contributed by atoms with Gasteiger partial charge in [-0.05, 0) is 19.9 Å². The lowest BCUT2D eigenvalue weighted by molar-refractivity contribution is -0.226. The quantitative estimate of drug-likeness (QED) is 0.734. The minimum atomic E-state index is -4.20. The van der Waals surface area contributed by atoms with Crippen LogP contribution in [0.1, 0.15) is 26.7 Å². The molecule has 96 valence electrons. The van der Waals surface area contributed by atoms with Crippen molar-refractivity contribution in [3.8, 4) is 0 Å². The highest BCUT2D eigenvalue weighted by molar-refractivity contribution is 5.05. The summed E-state index contributed by atoms with van der Waals surface area (Å²) in [4.78, 5) is 2.05. The lowest BCUT2D eigenvalue weighted by atomic mass is 9.72. The van der Waals surface area contributed by atoms with Gasteiger partial charge in [-0.1, -0.05) is 13.8 Å². The third kappa shape index (κ3) is 2.88. The van der Waals surface area contributed by atoms with E-state index >= 15 is 0 Å². The lowest BCUT2D eigenvalue weighted by Gasteiger charge is -2.43. The van der Waals surface area contributed by atoms with E-state index in [1.807, 2.05) is 25.8 Å². The predicted octanol–water partition coefficient (Wildman–Crippen LogP) is 2.69.